The molecule has 1 aliphatic rings. The lowest BCUT2D eigenvalue weighted by atomic mass is 10.1. The van der Waals surface area contributed by atoms with E-state index in [1.54, 1.807) is 6.07 Å². The van der Waals surface area contributed by atoms with Crippen molar-refractivity contribution in [2.75, 3.05) is 0 Å². The molecule has 3 aromatic rings. The number of hydrogen-bond acceptors (Lipinski definition) is 6. The normalized spacial score (nSPS) is 20.9. The minimum Gasteiger partial charge on any atom is -0.243 e. The first-order valence-corrected chi connectivity index (χ1v) is 10.7. The Hall–Kier alpha value is -2.30. The number of primary sulfonamides is 1. The molecule has 2 N–H and O–H groups in total. The average Bonchev–Trinajstić information content (AvgIpc) is 2.95. The van der Waals surface area contributed by atoms with Crippen molar-refractivity contribution in [3.05, 3.63) is 58.7 Å². The van der Waals surface area contributed by atoms with Crippen molar-refractivity contribution >= 4 is 21.4 Å². The van der Waals surface area contributed by atoms with Crippen molar-refractivity contribution in [2.24, 2.45) is 10.6 Å². The van der Waals surface area contributed by atoms with E-state index in [1.165, 1.54) is 35.7 Å². The summed E-state index contributed by atoms with van der Waals surface area (Å²) in [5.74, 6) is -1.24. The maximum absolute atomic E-state index is 14.0. The first-order chi connectivity index (χ1) is 13.1. The number of pyridine rings is 1. The van der Waals surface area contributed by atoms with Gasteiger partial charge in [0.2, 0.25) is 0 Å². The van der Waals surface area contributed by atoms with Crippen LogP contribution in [0.2, 0.25) is 0 Å². The van der Waals surface area contributed by atoms with Crippen LogP contribution in [0.3, 0.4) is 0 Å². The molecule has 0 saturated heterocycles. The SMILES string of the molecule is CC1(C)[C@@H](c2ccc(S(N)(=O)=O)nc2)[C@@H]1c1nnc(-c2ccc(F)cc2F)s1. The van der Waals surface area contributed by atoms with Crippen LogP contribution in [0.15, 0.2) is 41.6 Å². The Labute approximate surface area is 164 Å². The topological polar surface area (TPSA) is 98.8 Å². The highest BCUT2D eigenvalue weighted by Gasteiger charge is 2.60. The molecule has 1 aromatic carbocycles. The number of hydrogen-bond donors (Lipinski definition) is 1. The number of halogens is 2. The maximum atomic E-state index is 14.0. The lowest BCUT2D eigenvalue weighted by Crippen LogP contribution is -2.13. The number of benzene rings is 1. The summed E-state index contributed by atoms with van der Waals surface area (Å²) in [5, 5.41) is 14.3. The quantitative estimate of drug-likeness (QED) is 0.694. The molecule has 4 rings (SSSR count). The van der Waals surface area contributed by atoms with Crippen molar-refractivity contribution in [2.45, 2.75) is 30.7 Å². The van der Waals surface area contributed by atoms with Gasteiger partial charge in [0.1, 0.15) is 16.6 Å². The van der Waals surface area contributed by atoms with E-state index >= 15 is 0 Å². The fraction of sp³-hybridized carbons (Fsp3) is 0.278. The molecule has 6 nitrogen and oxygen atoms in total. The fourth-order valence-electron chi connectivity index (χ4n) is 3.60. The summed E-state index contributed by atoms with van der Waals surface area (Å²) in [6, 6.07) is 6.43. The molecule has 0 unspecified atom stereocenters. The van der Waals surface area contributed by atoms with Crippen molar-refractivity contribution in [1.29, 1.82) is 0 Å². The molecule has 0 amide bonds. The standard InChI is InChI=1S/C18H16F2N4O2S2/c1-18(2)14(9-3-6-13(22-8-9)28(21,25)26)15(18)17-24-23-16(27-17)11-5-4-10(19)7-12(11)20/h3-8,14-15H,1-2H3,(H2,21,25,26)/t14-,15+/m0/s1. The van der Waals surface area contributed by atoms with Crippen LogP contribution in [0.1, 0.15) is 36.3 Å². The molecule has 2 atom stereocenters. The zero-order valence-corrected chi connectivity index (χ0v) is 16.6. The first-order valence-electron chi connectivity index (χ1n) is 8.36. The van der Waals surface area contributed by atoms with Gasteiger partial charge in [0, 0.05) is 29.7 Å². The van der Waals surface area contributed by atoms with Gasteiger partial charge in [-0.3, -0.25) is 0 Å². The van der Waals surface area contributed by atoms with Crippen molar-refractivity contribution in [1.82, 2.24) is 15.2 Å². The lowest BCUT2D eigenvalue weighted by molar-refractivity contribution is 0.585. The third kappa shape index (κ3) is 3.21. The van der Waals surface area contributed by atoms with Crippen LogP contribution in [0.25, 0.3) is 10.6 Å². The van der Waals surface area contributed by atoms with Crippen molar-refractivity contribution in [3.8, 4) is 10.6 Å². The molecule has 1 saturated carbocycles. The fourth-order valence-corrected chi connectivity index (χ4v) is 5.26. The molecule has 0 radical (unpaired) electrons. The predicted molar refractivity (Wildman–Crippen MR) is 100 cm³/mol. The Morgan fingerprint density at radius 2 is 1.86 bits per heavy atom. The van der Waals surface area contributed by atoms with Gasteiger partial charge in [-0.25, -0.2) is 27.3 Å². The summed E-state index contributed by atoms with van der Waals surface area (Å²) in [7, 11) is -3.85. The number of nitrogens with zero attached hydrogens (tertiary/aromatic N) is 3. The number of aromatic nitrogens is 3. The van der Waals surface area contributed by atoms with Crippen LogP contribution >= 0.6 is 11.3 Å². The van der Waals surface area contributed by atoms with E-state index in [9.17, 15) is 17.2 Å². The molecule has 0 bridgehead atoms. The minimum absolute atomic E-state index is 0.0318. The Balaban J connectivity index is 1.63. The smallest absolute Gasteiger partial charge is 0.243 e. The van der Waals surface area contributed by atoms with E-state index in [1.807, 2.05) is 0 Å². The van der Waals surface area contributed by atoms with Crippen LogP contribution in [-0.4, -0.2) is 23.6 Å². The maximum Gasteiger partial charge on any atom is 0.255 e. The largest absolute Gasteiger partial charge is 0.255 e. The van der Waals surface area contributed by atoms with Gasteiger partial charge in [0.15, 0.2) is 10.0 Å². The van der Waals surface area contributed by atoms with Gasteiger partial charge in [-0.1, -0.05) is 31.3 Å². The van der Waals surface area contributed by atoms with E-state index in [4.69, 9.17) is 5.14 Å². The molecule has 2 heterocycles. The number of rotatable bonds is 4. The summed E-state index contributed by atoms with van der Waals surface area (Å²) >= 11 is 1.26. The molecule has 146 valence electrons. The van der Waals surface area contributed by atoms with E-state index in [-0.39, 0.29) is 27.8 Å². The molecule has 1 aliphatic carbocycles. The predicted octanol–water partition coefficient (Wildman–Crippen LogP) is 3.43. The second kappa shape index (κ2) is 6.36. The average molecular weight is 422 g/mol. The van der Waals surface area contributed by atoms with E-state index in [2.05, 4.69) is 29.0 Å². The van der Waals surface area contributed by atoms with E-state index in [0.717, 1.165) is 16.6 Å². The summed E-state index contributed by atoms with van der Waals surface area (Å²) in [5.41, 5.74) is 0.926. The molecule has 10 heteroatoms. The molecule has 2 aromatic heterocycles. The minimum atomic E-state index is -3.85. The van der Waals surface area contributed by atoms with Crippen molar-refractivity contribution in [3.63, 3.8) is 0 Å². The third-order valence-corrected chi connectivity index (χ3v) is 6.97. The Bertz CT molecular complexity index is 1160. The van der Waals surface area contributed by atoms with E-state index in [0.29, 0.717) is 5.01 Å². The lowest BCUT2D eigenvalue weighted by Gasteiger charge is -2.03. The van der Waals surface area contributed by atoms with Gasteiger partial charge >= 0.3 is 0 Å². The number of nitrogens with two attached hydrogens (primary N) is 1. The molecular formula is C18H16F2N4O2S2. The Morgan fingerprint density at radius 1 is 1.11 bits per heavy atom. The van der Waals surface area contributed by atoms with Gasteiger partial charge in [0.25, 0.3) is 10.0 Å². The molecular weight excluding hydrogens is 406 g/mol. The van der Waals surface area contributed by atoms with Gasteiger partial charge in [-0.2, -0.15) is 0 Å². The first kappa shape index (κ1) is 19.0. The molecule has 28 heavy (non-hydrogen) atoms. The summed E-state index contributed by atoms with van der Waals surface area (Å²) in [6.07, 6.45) is 1.51. The van der Waals surface area contributed by atoms with E-state index < -0.39 is 21.7 Å². The van der Waals surface area contributed by atoms with Gasteiger partial charge in [-0.05, 0) is 29.2 Å². The third-order valence-electron chi connectivity index (χ3n) is 5.11. The molecule has 0 aliphatic heterocycles. The van der Waals surface area contributed by atoms with Gasteiger partial charge < -0.3 is 0 Å². The van der Waals surface area contributed by atoms with Crippen molar-refractivity contribution < 1.29 is 17.2 Å². The summed E-state index contributed by atoms with van der Waals surface area (Å²) in [4.78, 5) is 3.95. The highest BCUT2D eigenvalue weighted by atomic mass is 32.2. The molecule has 1 fully saturated rings. The highest BCUT2D eigenvalue weighted by Crippen LogP contribution is 2.70. The van der Waals surface area contributed by atoms with Crippen LogP contribution in [0.5, 0.6) is 0 Å². The zero-order valence-electron chi connectivity index (χ0n) is 14.9. The Kier molecular flexibility index (Phi) is 4.32. The monoisotopic (exact) mass is 422 g/mol. The second-order valence-corrected chi connectivity index (χ2v) is 9.84. The van der Waals surface area contributed by atoms with Gasteiger partial charge in [-0.15, -0.1) is 10.2 Å². The number of sulfonamides is 1. The Morgan fingerprint density at radius 3 is 2.46 bits per heavy atom. The highest BCUT2D eigenvalue weighted by molar-refractivity contribution is 7.89. The van der Waals surface area contributed by atoms with Gasteiger partial charge in [0.05, 0.1) is 0 Å². The second-order valence-electron chi connectivity index (χ2n) is 7.32. The van der Waals surface area contributed by atoms with Crippen LogP contribution in [-0.2, 0) is 10.0 Å². The van der Waals surface area contributed by atoms with Crippen LogP contribution < -0.4 is 5.14 Å². The zero-order chi connectivity index (χ0) is 20.3. The summed E-state index contributed by atoms with van der Waals surface area (Å²) in [6.45, 7) is 4.13. The van der Waals surface area contributed by atoms with Crippen LogP contribution in [0.4, 0.5) is 8.78 Å². The molecule has 0 spiro atoms. The summed E-state index contributed by atoms with van der Waals surface area (Å²) < 4.78 is 49.9. The van der Waals surface area contributed by atoms with Crippen LogP contribution in [0, 0.1) is 17.0 Å².